The van der Waals surface area contributed by atoms with Gasteiger partial charge in [0.25, 0.3) is 0 Å². The summed E-state index contributed by atoms with van der Waals surface area (Å²) in [5.74, 6) is 0.578. The zero-order valence-corrected chi connectivity index (χ0v) is 7.45. The van der Waals surface area contributed by atoms with Crippen LogP contribution in [-0.2, 0) is 0 Å². The largest absolute Gasteiger partial charge is 0.369 e. The van der Waals surface area contributed by atoms with Crippen LogP contribution < -0.4 is 5.32 Å². The molecule has 0 fully saturated rings. The molecular formula is C6H7Cl2N3. The van der Waals surface area contributed by atoms with Crippen LogP contribution in [0.2, 0.25) is 10.2 Å². The fourth-order valence-electron chi connectivity index (χ4n) is 0.639. The molecular weight excluding hydrogens is 185 g/mol. The van der Waals surface area contributed by atoms with Crippen LogP contribution in [0.15, 0.2) is 6.33 Å². The summed E-state index contributed by atoms with van der Waals surface area (Å²) in [5, 5.41) is 3.60. The predicted octanol–water partition coefficient (Wildman–Crippen LogP) is 2.22. The van der Waals surface area contributed by atoms with Crippen LogP contribution in [0.5, 0.6) is 0 Å². The minimum Gasteiger partial charge on any atom is -0.369 e. The van der Waals surface area contributed by atoms with Crippen LogP contribution in [0.1, 0.15) is 6.92 Å². The van der Waals surface area contributed by atoms with E-state index in [1.54, 1.807) is 0 Å². The predicted molar refractivity (Wildman–Crippen MR) is 46.2 cm³/mol. The Labute approximate surface area is 74.8 Å². The molecule has 0 bridgehead atoms. The minimum atomic E-state index is 0.276. The molecule has 0 atom stereocenters. The summed E-state index contributed by atoms with van der Waals surface area (Å²) < 4.78 is 0. The van der Waals surface area contributed by atoms with Gasteiger partial charge in [-0.25, -0.2) is 9.97 Å². The number of nitrogens with zero attached hydrogens (tertiary/aromatic N) is 2. The molecule has 0 aliphatic carbocycles. The van der Waals surface area contributed by atoms with Crippen molar-refractivity contribution >= 4 is 29.0 Å². The molecule has 0 aliphatic heterocycles. The molecule has 1 aromatic rings. The van der Waals surface area contributed by atoms with Crippen LogP contribution in [0.4, 0.5) is 5.82 Å². The monoisotopic (exact) mass is 191 g/mol. The SMILES string of the molecule is CCNc1ncnc(Cl)c1Cl. The molecule has 3 nitrogen and oxygen atoms in total. The highest BCUT2D eigenvalue weighted by Gasteiger charge is 2.04. The molecule has 11 heavy (non-hydrogen) atoms. The molecule has 60 valence electrons. The van der Waals surface area contributed by atoms with E-state index >= 15 is 0 Å². The van der Waals surface area contributed by atoms with Gasteiger partial charge in [0.2, 0.25) is 0 Å². The van der Waals surface area contributed by atoms with E-state index in [9.17, 15) is 0 Å². The topological polar surface area (TPSA) is 37.8 Å². The highest BCUT2D eigenvalue weighted by Crippen LogP contribution is 2.24. The highest BCUT2D eigenvalue weighted by molar-refractivity contribution is 6.42. The molecule has 0 saturated carbocycles. The lowest BCUT2D eigenvalue weighted by Gasteiger charge is -2.03. The van der Waals surface area contributed by atoms with Crippen LogP contribution in [0.25, 0.3) is 0 Å². The van der Waals surface area contributed by atoms with Crippen molar-refractivity contribution in [3.63, 3.8) is 0 Å². The molecule has 0 radical (unpaired) electrons. The summed E-state index contributed by atoms with van der Waals surface area (Å²) in [6.07, 6.45) is 1.37. The Hall–Kier alpha value is -0.540. The highest BCUT2D eigenvalue weighted by atomic mass is 35.5. The number of aromatic nitrogens is 2. The third-order valence-electron chi connectivity index (χ3n) is 1.09. The first kappa shape index (κ1) is 8.56. The third kappa shape index (κ3) is 1.94. The van der Waals surface area contributed by atoms with Gasteiger partial charge in [-0.2, -0.15) is 0 Å². The molecule has 0 saturated heterocycles. The van der Waals surface area contributed by atoms with E-state index in [4.69, 9.17) is 23.2 Å². The maximum Gasteiger partial charge on any atom is 0.153 e. The normalized spacial score (nSPS) is 9.73. The molecule has 1 rings (SSSR count). The van der Waals surface area contributed by atoms with Crippen LogP contribution in [0.3, 0.4) is 0 Å². The van der Waals surface area contributed by atoms with Crippen molar-refractivity contribution in [1.82, 2.24) is 9.97 Å². The Morgan fingerprint density at radius 1 is 1.45 bits per heavy atom. The number of rotatable bonds is 2. The van der Waals surface area contributed by atoms with Gasteiger partial charge in [0.15, 0.2) is 5.15 Å². The van der Waals surface area contributed by atoms with Gasteiger partial charge in [-0.05, 0) is 6.92 Å². The average molecular weight is 192 g/mol. The van der Waals surface area contributed by atoms with E-state index in [0.29, 0.717) is 10.8 Å². The fourth-order valence-corrected chi connectivity index (χ4v) is 0.937. The zero-order valence-electron chi connectivity index (χ0n) is 5.93. The van der Waals surface area contributed by atoms with Crippen molar-refractivity contribution in [3.05, 3.63) is 16.5 Å². The van der Waals surface area contributed by atoms with Gasteiger partial charge in [-0.15, -0.1) is 0 Å². The number of nitrogens with one attached hydrogen (secondary N) is 1. The van der Waals surface area contributed by atoms with E-state index in [2.05, 4.69) is 15.3 Å². The standard InChI is InChI=1S/C6H7Cl2N3/c1-2-9-6-4(7)5(8)10-3-11-6/h3H,2H2,1H3,(H,9,10,11). The fraction of sp³-hybridized carbons (Fsp3) is 0.333. The Bertz CT molecular complexity index is 252. The summed E-state index contributed by atoms with van der Waals surface area (Å²) in [6, 6.07) is 0. The van der Waals surface area contributed by atoms with Gasteiger partial charge in [-0.3, -0.25) is 0 Å². The molecule has 1 N–H and O–H groups in total. The molecule has 0 aliphatic rings. The molecule has 0 spiro atoms. The van der Waals surface area contributed by atoms with E-state index in [-0.39, 0.29) is 5.15 Å². The smallest absolute Gasteiger partial charge is 0.153 e. The van der Waals surface area contributed by atoms with Crippen molar-refractivity contribution in [2.75, 3.05) is 11.9 Å². The molecule has 1 heterocycles. The summed E-state index contributed by atoms with van der Waals surface area (Å²) >= 11 is 11.4. The van der Waals surface area contributed by atoms with Crippen molar-refractivity contribution in [2.45, 2.75) is 6.92 Å². The Morgan fingerprint density at radius 3 is 2.82 bits per heavy atom. The Balaban J connectivity index is 2.96. The van der Waals surface area contributed by atoms with E-state index < -0.39 is 0 Å². The Morgan fingerprint density at radius 2 is 2.18 bits per heavy atom. The van der Waals surface area contributed by atoms with E-state index in [1.807, 2.05) is 6.92 Å². The lowest BCUT2D eigenvalue weighted by atomic mass is 10.5. The number of hydrogen-bond acceptors (Lipinski definition) is 3. The van der Waals surface area contributed by atoms with Crippen LogP contribution in [-0.4, -0.2) is 16.5 Å². The van der Waals surface area contributed by atoms with Gasteiger partial charge in [0.05, 0.1) is 0 Å². The maximum atomic E-state index is 5.75. The van der Waals surface area contributed by atoms with E-state index in [0.717, 1.165) is 6.54 Å². The number of anilines is 1. The van der Waals surface area contributed by atoms with Gasteiger partial charge in [0, 0.05) is 6.54 Å². The third-order valence-corrected chi connectivity index (χ3v) is 1.83. The minimum absolute atomic E-state index is 0.276. The lowest BCUT2D eigenvalue weighted by molar-refractivity contribution is 1.11. The van der Waals surface area contributed by atoms with Crippen LogP contribution >= 0.6 is 23.2 Å². The average Bonchev–Trinajstić information content (AvgIpc) is 1.99. The molecule has 1 aromatic heterocycles. The summed E-state index contributed by atoms with van der Waals surface area (Å²) in [5.41, 5.74) is 0. The summed E-state index contributed by atoms with van der Waals surface area (Å²) in [6.45, 7) is 2.71. The number of hydrogen-bond donors (Lipinski definition) is 1. The molecule has 0 unspecified atom stereocenters. The second-order valence-corrected chi connectivity index (χ2v) is 2.59. The first-order valence-corrected chi connectivity index (χ1v) is 3.91. The quantitative estimate of drug-likeness (QED) is 0.730. The van der Waals surface area contributed by atoms with Gasteiger partial charge < -0.3 is 5.32 Å². The first-order chi connectivity index (χ1) is 5.25. The second kappa shape index (κ2) is 3.74. The summed E-state index contributed by atoms with van der Waals surface area (Å²) in [4.78, 5) is 7.59. The first-order valence-electron chi connectivity index (χ1n) is 3.15. The van der Waals surface area contributed by atoms with Crippen molar-refractivity contribution in [2.24, 2.45) is 0 Å². The molecule has 0 aromatic carbocycles. The molecule has 0 amide bonds. The zero-order chi connectivity index (χ0) is 8.27. The van der Waals surface area contributed by atoms with Crippen LogP contribution in [0, 0.1) is 0 Å². The van der Waals surface area contributed by atoms with Crippen molar-refractivity contribution < 1.29 is 0 Å². The second-order valence-electron chi connectivity index (χ2n) is 1.86. The van der Waals surface area contributed by atoms with Crippen molar-refractivity contribution in [1.29, 1.82) is 0 Å². The number of halogens is 2. The van der Waals surface area contributed by atoms with Crippen molar-refractivity contribution in [3.8, 4) is 0 Å². The van der Waals surface area contributed by atoms with Gasteiger partial charge in [-0.1, -0.05) is 23.2 Å². The van der Waals surface area contributed by atoms with Gasteiger partial charge in [0.1, 0.15) is 17.2 Å². The van der Waals surface area contributed by atoms with Gasteiger partial charge >= 0.3 is 0 Å². The molecule has 5 heteroatoms. The van der Waals surface area contributed by atoms with E-state index in [1.165, 1.54) is 6.33 Å². The lowest BCUT2D eigenvalue weighted by Crippen LogP contribution is -2.00. The Kier molecular flexibility index (Phi) is 2.91. The summed E-state index contributed by atoms with van der Waals surface area (Å²) in [7, 11) is 0. The maximum absolute atomic E-state index is 5.75.